The van der Waals surface area contributed by atoms with Crippen LogP contribution in [0.15, 0.2) is 0 Å². The number of esters is 1. The molecule has 1 saturated heterocycles. The van der Waals surface area contributed by atoms with Crippen molar-refractivity contribution < 1.29 is 9.53 Å². The van der Waals surface area contributed by atoms with Crippen LogP contribution in [0.1, 0.15) is 46.0 Å². The Morgan fingerprint density at radius 1 is 1.21 bits per heavy atom. The summed E-state index contributed by atoms with van der Waals surface area (Å²) < 4.78 is 5.28. The molecule has 14 heavy (non-hydrogen) atoms. The number of rotatable bonds is 0. The zero-order chi connectivity index (χ0) is 10.2. The highest BCUT2D eigenvalue weighted by Crippen LogP contribution is 2.33. The summed E-state index contributed by atoms with van der Waals surface area (Å²) in [5, 5.41) is 3.48. The molecule has 0 aromatic rings. The highest BCUT2D eigenvalue weighted by atomic mass is 16.5. The van der Waals surface area contributed by atoms with Gasteiger partial charge >= 0.3 is 5.97 Å². The van der Waals surface area contributed by atoms with Crippen molar-refractivity contribution >= 4 is 5.97 Å². The third-order valence-electron chi connectivity index (χ3n) is 3.24. The average Bonchev–Trinajstić information content (AvgIpc) is 2.13. The lowest BCUT2D eigenvalue weighted by atomic mass is 9.79. The summed E-state index contributed by atoms with van der Waals surface area (Å²) in [5.41, 5.74) is -0.425. The van der Waals surface area contributed by atoms with Crippen LogP contribution in [0.4, 0.5) is 0 Å². The van der Waals surface area contributed by atoms with Crippen molar-refractivity contribution in [3.05, 3.63) is 0 Å². The van der Waals surface area contributed by atoms with Crippen LogP contribution >= 0.6 is 0 Å². The van der Waals surface area contributed by atoms with Gasteiger partial charge in [-0.25, -0.2) is 0 Å². The first-order chi connectivity index (χ1) is 6.54. The van der Waals surface area contributed by atoms with Crippen LogP contribution in [-0.2, 0) is 9.53 Å². The molecular weight excluding hydrogens is 178 g/mol. The fraction of sp³-hybridized carbons (Fsp3) is 0.909. The Bertz CT molecular complexity index is 242. The molecule has 3 heteroatoms. The summed E-state index contributed by atoms with van der Waals surface area (Å²) in [6, 6.07) is 0. The van der Waals surface area contributed by atoms with Crippen molar-refractivity contribution in [2.24, 2.45) is 0 Å². The molecule has 0 amide bonds. The third kappa shape index (κ3) is 1.65. The molecular formula is C11H19NO2. The lowest BCUT2D eigenvalue weighted by Gasteiger charge is -2.46. The Balaban J connectivity index is 2.17. The quantitative estimate of drug-likeness (QED) is 0.600. The summed E-state index contributed by atoms with van der Waals surface area (Å²) in [6.07, 6.45) is 5.40. The first kappa shape index (κ1) is 9.97. The summed E-state index contributed by atoms with van der Waals surface area (Å²) in [6.45, 7) is 4.68. The predicted molar refractivity (Wildman–Crippen MR) is 54.0 cm³/mol. The van der Waals surface area contributed by atoms with Crippen molar-refractivity contribution in [3.8, 4) is 0 Å². The Morgan fingerprint density at radius 3 is 2.50 bits per heavy atom. The Kier molecular flexibility index (Phi) is 2.30. The molecule has 1 spiro atoms. The van der Waals surface area contributed by atoms with Crippen LogP contribution in [0.2, 0.25) is 0 Å². The number of carbonyl (C=O) groups is 1. The van der Waals surface area contributed by atoms with Crippen molar-refractivity contribution in [1.29, 1.82) is 0 Å². The molecule has 3 nitrogen and oxygen atoms in total. The van der Waals surface area contributed by atoms with E-state index in [-0.39, 0.29) is 17.0 Å². The van der Waals surface area contributed by atoms with Crippen LogP contribution in [0.5, 0.6) is 0 Å². The van der Waals surface area contributed by atoms with Crippen LogP contribution in [0.25, 0.3) is 0 Å². The number of cyclic esters (lactones) is 1. The number of carbonyl (C=O) groups excluding carboxylic acids is 1. The maximum Gasteiger partial charge on any atom is 0.326 e. The molecule has 0 atom stereocenters. The van der Waals surface area contributed by atoms with E-state index in [1.54, 1.807) is 0 Å². The Morgan fingerprint density at radius 2 is 1.86 bits per heavy atom. The minimum Gasteiger partial charge on any atom is -0.462 e. The van der Waals surface area contributed by atoms with Gasteiger partial charge in [0.1, 0.15) is 12.1 Å². The van der Waals surface area contributed by atoms with Gasteiger partial charge in [0.2, 0.25) is 0 Å². The molecule has 1 aliphatic carbocycles. The first-order valence-corrected chi connectivity index (χ1v) is 5.51. The normalized spacial score (nSPS) is 30.0. The summed E-state index contributed by atoms with van der Waals surface area (Å²) in [7, 11) is 0. The van der Waals surface area contributed by atoms with Gasteiger partial charge < -0.3 is 4.74 Å². The molecule has 1 N–H and O–H groups in total. The second-order valence-electron chi connectivity index (χ2n) is 5.23. The average molecular weight is 197 g/mol. The maximum atomic E-state index is 11.8. The zero-order valence-electron chi connectivity index (χ0n) is 9.06. The Labute approximate surface area is 85.2 Å². The van der Waals surface area contributed by atoms with E-state index in [0.717, 1.165) is 25.7 Å². The molecule has 80 valence electrons. The molecule has 0 aromatic heterocycles. The van der Waals surface area contributed by atoms with Crippen LogP contribution in [0, 0.1) is 0 Å². The fourth-order valence-corrected chi connectivity index (χ4v) is 2.60. The monoisotopic (exact) mass is 197 g/mol. The fourth-order valence-electron chi connectivity index (χ4n) is 2.60. The number of ether oxygens (including phenoxy) is 1. The number of morpholine rings is 1. The molecule has 1 heterocycles. The SMILES string of the molecule is CC1(C)COC(=O)C2(CCCCC2)N1. The number of hydrogen-bond donors (Lipinski definition) is 1. The lowest BCUT2D eigenvalue weighted by molar-refractivity contribution is -0.164. The van der Waals surface area contributed by atoms with Crippen LogP contribution < -0.4 is 5.32 Å². The van der Waals surface area contributed by atoms with E-state index in [1.807, 2.05) is 0 Å². The smallest absolute Gasteiger partial charge is 0.326 e. The number of nitrogens with one attached hydrogen (secondary N) is 1. The minimum atomic E-state index is -0.361. The van der Waals surface area contributed by atoms with Gasteiger partial charge in [-0.3, -0.25) is 10.1 Å². The van der Waals surface area contributed by atoms with E-state index < -0.39 is 0 Å². The van der Waals surface area contributed by atoms with E-state index in [9.17, 15) is 4.79 Å². The first-order valence-electron chi connectivity index (χ1n) is 5.51. The molecule has 0 aromatic carbocycles. The zero-order valence-corrected chi connectivity index (χ0v) is 9.06. The summed E-state index contributed by atoms with van der Waals surface area (Å²) in [4.78, 5) is 11.8. The third-order valence-corrected chi connectivity index (χ3v) is 3.24. The van der Waals surface area contributed by atoms with Gasteiger partial charge in [0.05, 0.1) is 0 Å². The highest BCUT2D eigenvalue weighted by Gasteiger charge is 2.47. The van der Waals surface area contributed by atoms with Gasteiger partial charge in [-0.2, -0.15) is 0 Å². The molecule has 0 radical (unpaired) electrons. The minimum absolute atomic E-state index is 0.0310. The van der Waals surface area contributed by atoms with Gasteiger partial charge in [0.25, 0.3) is 0 Å². The van der Waals surface area contributed by atoms with Crippen LogP contribution in [0.3, 0.4) is 0 Å². The topological polar surface area (TPSA) is 38.3 Å². The van der Waals surface area contributed by atoms with Gasteiger partial charge in [0.15, 0.2) is 0 Å². The maximum absolute atomic E-state index is 11.8. The van der Waals surface area contributed by atoms with E-state index in [0.29, 0.717) is 6.61 Å². The number of hydrogen-bond acceptors (Lipinski definition) is 3. The predicted octanol–water partition coefficient (Wildman–Crippen LogP) is 1.61. The second-order valence-corrected chi connectivity index (χ2v) is 5.23. The standard InChI is InChI=1S/C11H19NO2/c1-10(2)8-14-9(13)11(12-10)6-4-3-5-7-11/h12H,3-8H2,1-2H3. The van der Waals surface area contributed by atoms with Crippen molar-refractivity contribution in [2.45, 2.75) is 57.0 Å². The summed E-state index contributed by atoms with van der Waals surface area (Å²) >= 11 is 0. The van der Waals surface area contributed by atoms with Crippen molar-refractivity contribution in [1.82, 2.24) is 5.32 Å². The van der Waals surface area contributed by atoms with Crippen LogP contribution in [-0.4, -0.2) is 23.7 Å². The highest BCUT2D eigenvalue weighted by molar-refractivity contribution is 5.82. The van der Waals surface area contributed by atoms with Crippen molar-refractivity contribution in [3.63, 3.8) is 0 Å². The second kappa shape index (κ2) is 3.23. The molecule has 2 aliphatic rings. The molecule has 1 saturated carbocycles. The van der Waals surface area contributed by atoms with E-state index in [2.05, 4.69) is 19.2 Å². The summed E-state index contributed by atoms with van der Waals surface area (Å²) in [5.74, 6) is -0.0310. The largest absolute Gasteiger partial charge is 0.462 e. The molecule has 2 rings (SSSR count). The molecule has 2 fully saturated rings. The molecule has 1 aliphatic heterocycles. The van der Waals surface area contributed by atoms with E-state index in [4.69, 9.17) is 4.74 Å². The lowest BCUT2D eigenvalue weighted by Crippen LogP contribution is -2.67. The van der Waals surface area contributed by atoms with Gasteiger partial charge in [-0.1, -0.05) is 19.3 Å². The molecule has 0 bridgehead atoms. The van der Waals surface area contributed by atoms with Gasteiger partial charge in [-0.15, -0.1) is 0 Å². The Hall–Kier alpha value is -0.570. The van der Waals surface area contributed by atoms with Crippen molar-refractivity contribution in [2.75, 3.05) is 6.61 Å². The molecule has 0 unspecified atom stereocenters. The van der Waals surface area contributed by atoms with E-state index in [1.165, 1.54) is 6.42 Å². The van der Waals surface area contributed by atoms with E-state index >= 15 is 0 Å². The van der Waals surface area contributed by atoms with Gasteiger partial charge in [0, 0.05) is 5.54 Å². The van der Waals surface area contributed by atoms with Gasteiger partial charge in [-0.05, 0) is 26.7 Å².